The summed E-state index contributed by atoms with van der Waals surface area (Å²) in [5, 5.41) is 13.3. The molecule has 5 N–H and O–H groups in total. The Morgan fingerprint density at radius 3 is 2.47 bits per heavy atom. The fourth-order valence-electron chi connectivity index (χ4n) is 0.683. The molecule has 0 rings (SSSR count). The van der Waals surface area contributed by atoms with Gasteiger partial charge in [-0.3, -0.25) is 0 Å². The average molecular weight is 330 g/mol. The Bertz CT molecular complexity index is 259. The monoisotopic (exact) mass is 330 g/mol. The Balaban J connectivity index is 4.10. The summed E-state index contributed by atoms with van der Waals surface area (Å²) in [6.07, 6.45) is 0. The number of amides is 3. The van der Waals surface area contributed by atoms with Crippen molar-refractivity contribution >= 4 is 15.7 Å². The van der Waals surface area contributed by atoms with Crippen molar-refractivity contribution in [3.63, 3.8) is 0 Å². The van der Waals surface area contributed by atoms with Gasteiger partial charge in [-0.15, -0.1) is 0 Å². The third-order valence-electron chi connectivity index (χ3n) is 1.40. The van der Waals surface area contributed by atoms with E-state index in [1.165, 1.54) is 0 Å². The zero-order valence-electron chi connectivity index (χ0n) is 8.12. The Labute approximate surface area is 97.0 Å². The van der Waals surface area contributed by atoms with Gasteiger partial charge in [-0.2, -0.15) is 0 Å². The SMILES string of the molecule is C[I-]C(=O)N[C@@H](CO)C(=O)NCC(N)=O. The van der Waals surface area contributed by atoms with Crippen molar-refractivity contribution in [2.45, 2.75) is 6.04 Å². The summed E-state index contributed by atoms with van der Waals surface area (Å²) in [7, 11) is 0. The minimum atomic E-state index is -1.02. The van der Waals surface area contributed by atoms with Crippen LogP contribution in [0, 0.1) is 0 Å². The van der Waals surface area contributed by atoms with Crippen LogP contribution in [0.4, 0.5) is 4.79 Å². The molecule has 0 fully saturated rings. The van der Waals surface area contributed by atoms with E-state index in [1.807, 2.05) is 0 Å². The maximum atomic E-state index is 11.2. The van der Waals surface area contributed by atoms with Crippen LogP contribution in [0.5, 0.6) is 0 Å². The van der Waals surface area contributed by atoms with Gasteiger partial charge in [0, 0.05) is 0 Å². The summed E-state index contributed by atoms with van der Waals surface area (Å²) >= 11 is -0.676. The fourth-order valence-corrected chi connectivity index (χ4v) is 1.37. The van der Waals surface area contributed by atoms with Crippen molar-refractivity contribution < 1.29 is 40.7 Å². The fraction of sp³-hybridized carbons (Fsp3) is 0.571. The number of hydrogen-bond donors (Lipinski definition) is 4. The van der Waals surface area contributed by atoms with Gasteiger partial charge in [0.15, 0.2) is 0 Å². The van der Waals surface area contributed by atoms with Gasteiger partial charge in [-0.25, -0.2) is 0 Å². The van der Waals surface area contributed by atoms with E-state index < -0.39 is 45.7 Å². The molecule has 0 saturated heterocycles. The maximum absolute atomic E-state index is 11.2. The van der Waals surface area contributed by atoms with E-state index in [0.29, 0.717) is 0 Å². The molecule has 0 aromatic carbocycles. The number of halogens is 1. The molecule has 0 spiro atoms. The molecule has 15 heavy (non-hydrogen) atoms. The molecule has 0 aromatic rings. The summed E-state index contributed by atoms with van der Waals surface area (Å²) in [5.41, 5.74) is 4.81. The van der Waals surface area contributed by atoms with Crippen LogP contribution in [0.25, 0.3) is 0 Å². The molecule has 3 amide bonds. The minimum absolute atomic E-state index is 0.248. The van der Waals surface area contributed by atoms with Crippen LogP contribution in [0.2, 0.25) is 0 Å². The standard InChI is InChI=1S/C7H13IN3O4/c1-8-7(15)11-4(3-12)6(14)10-2-5(9)13/h4,12H,2-3H2,1H3,(H2,9,13)(H,10,14)(H,11,15)/q-1/t4-/m0/s1. The average Bonchev–Trinajstić information content (AvgIpc) is 2.21. The third-order valence-corrected chi connectivity index (χ3v) is 2.69. The van der Waals surface area contributed by atoms with Gasteiger partial charge in [0.05, 0.1) is 0 Å². The van der Waals surface area contributed by atoms with Crippen LogP contribution in [-0.2, 0) is 9.59 Å². The molecular formula is C7H13IN3O4-. The number of aliphatic hydroxyl groups is 1. The molecule has 7 nitrogen and oxygen atoms in total. The molecular weight excluding hydrogens is 317 g/mol. The van der Waals surface area contributed by atoms with Crippen molar-refractivity contribution in [2.24, 2.45) is 5.73 Å². The van der Waals surface area contributed by atoms with Crippen molar-refractivity contribution in [1.82, 2.24) is 10.6 Å². The first-order chi connectivity index (χ1) is 7.01. The number of carbonyl (C=O) groups is 3. The van der Waals surface area contributed by atoms with Gasteiger partial charge in [0.2, 0.25) is 0 Å². The normalized spacial score (nSPS) is 11.9. The Kier molecular flexibility index (Phi) is 6.96. The Morgan fingerprint density at radius 2 is 2.07 bits per heavy atom. The molecule has 0 aliphatic heterocycles. The molecule has 0 aliphatic rings. The van der Waals surface area contributed by atoms with E-state index in [9.17, 15) is 14.4 Å². The number of carbonyl (C=O) groups excluding carboxylic acids is 3. The third kappa shape index (κ3) is 6.23. The molecule has 0 radical (unpaired) electrons. The van der Waals surface area contributed by atoms with Crippen molar-refractivity contribution in [2.75, 3.05) is 18.1 Å². The van der Waals surface area contributed by atoms with E-state index in [1.54, 1.807) is 4.93 Å². The number of alkyl halides is 1. The molecule has 0 heterocycles. The Hall–Kier alpha value is -0.900. The van der Waals surface area contributed by atoms with Crippen LogP contribution < -0.4 is 37.6 Å². The number of hydrogen-bond acceptors (Lipinski definition) is 4. The first-order valence-electron chi connectivity index (χ1n) is 3.98. The predicted molar refractivity (Wildman–Crippen MR) is 47.5 cm³/mol. The zero-order valence-corrected chi connectivity index (χ0v) is 10.3. The van der Waals surface area contributed by atoms with Gasteiger partial charge >= 0.3 is 96.9 Å². The van der Waals surface area contributed by atoms with E-state index in [4.69, 9.17) is 10.8 Å². The molecule has 0 saturated carbocycles. The molecule has 8 heteroatoms. The molecule has 0 bridgehead atoms. The van der Waals surface area contributed by atoms with Gasteiger partial charge in [0.25, 0.3) is 0 Å². The van der Waals surface area contributed by atoms with E-state index in [0.717, 1.165) is 0 Å². The predicted octanol–water partition coefficient (Wildman–Crippen LogP) is -5.62. The first-order valence-corrected chi connectivity index (χ1v) is 7.21. The number of aliphatic hydroxyl groups excluding tert-OH is 1. The molecule has 0 unspecified atom stereocenters. The summed E-state index contributed by atoms with van der Waals surface area (Å²) in [6.45, 7) is -0.827. The zero-order chi connectivity index (χ0) is 11.8. The number of primary amides is 1. The first kappa shape index (κ1) is 14.1. The second-order valence-corrected chi connectivity index (χ2v) is 4.58. The summed E-state index contributed by atoms with van der Waals surface area (Å²) in [4.78, 5) is 34.3. The summed E-state index contributed by atoms with van der Waals surface area (Å²) in [6, 6.07) is -1.02. The topological polar surface area (TPSA) is 122 Å². The van der Waals surface area contributed by atoms with Gasteiger partial charge in [0.1, 0.15) is 0 Å². The van der Waals surface area contributed by atoms with Crippen LogP contribution in [0.1, 0.15) is 0 Å². The summed E-state index contributed by atoms with van der Waals surface area (Å²) < 4.78 is -0.248. The van der Waals surface area contributed by atoms with E-state index in [-0.39, 0.29) is 10.5 Å². The van der Waals surface area contributed by atoms with Gasteiger partial charge in [-0.1, -0.05) is 0 Å². The van der Waals surface area contributed by atoms with Crippen LogP contribution >= 0.6 is 0 Å². The van der Waals surface area contributed by atoms with Gasteiger partial charge < -0.3 is 0 Å². The van der Waals surface area contributed by atoms with Crippen LogP contribution in [0.3, 0.4) is 0 Å². The van der Waals surface area contributed by atoms with Crippen molar-refractivity contribution in [1.29, 1.82) is 0 Å². The Morgan fingerprint density at radius 1 is 1.47 bits per heavy atom. The summed E-state index contributed by atoms with van der Waals surface area (Å²) in [5.74, 6) is -1.31. The van der Waals surface area contributed by atoms with Crippen LogP contribution in [-0.4, -0.2) is 45.0 Å². The number of nitrogens with two attached hydrogens (primary N) is 1. The van der Waals surface area contributed by atoms with Crippen LogP contribution in [0.15, 0.2) is 0 Å². The van der Waals surface area contributed by atoms with E-state index >= 15 is 0 Å². The van der Waals surface area contributed by atoms with Crippen molar-refractivity contribution in [3.8, 4) is 0 Å². The number of nitrogens with one attached hydrogen (secondary N) is 2. The molecule has 88 valence electrons. The second-order valence-electron chi connectivity index (χ2n) is 2.53. The molecule has 0 aromatic heterocycles. The van der Waals surface area contributed by atoms with Gasteiger partial charge in [-0.05, 0) is 0 Å². The second kappa shape index (κ2) is 7.40. The molecule has 1 atom stereocenters. The molecule has 0 aliphatic carbocycles. The quantitative estimate of drug-likeness (QED) is 0.168. The number of rotatable bonds is 6. The van der Waals surface area contributed by atoms with Crippen molar-refractivity contribution in [3.05, 3.63) is 0 Å². The van der Waals surface area contributed by atoms with E-state index in [2.05, 4.69) is 10.6 Å².